The van der Waals surface area contributed by atoms with Crippen molar-refractivity contribution in [2.24, 2.45) is 0 Å². The minimum absolute atomic E-state index is 0.102. The Bertz CT molecular complexity index is 1270. The lowest BCUT2D eigenvalue weighted by atomic mass is 9.99. The van der Waals surface area contributed by atoms with Crippen molar-refractivity contribution < 1.29 is 4.79 Å². The number of carbonyl (C=O) groups is 1. The Balaban J connectivity index is 1.50. The van der Waals surface area contributed by atoms with Crippen molar-refractivity contribution in [3.05, 3.63) is 100 Å². The lowest BCUT2D eigenvalue weighted by Crippen LogP contribution is -2.24. The van der Waals surface area contributed by atoms with Gasteiger partial charge >= 0.3 is 0 Å². The van der Waals surface area contributed by atoms with E-state index >= 15 is 0 Å². The second-order valence-electron chi connectivity index (χ2n) is 9.08. The van der Waals surface area contributed by atoms with Crippen molar-refractivity contribution in [1.29, 1.82) is 0 Å². The van der Waals surface area contributed by atoms with Gasteiger partial charge in [-0.25, -0.2) is 4.98 Å². The van der Waals surface area contributed by atoms with Gasteiger partial charge in [-0.05, 0) is 55.2 Å². The Labute approximate surface area is 189 Å². The van der Waals surface area contributed by atoms with Gasteiger partial charge in [0.15, 0.2) is 0 Å². The highest BCUT2D eigenvalue weighted by Gasteiger charge is 2.34. The molecule has 1 aliphatic heterocycles. The molecule has 1 aromatic heterocycles. The maximum absolute atomic E-state index is 12.9. The largest absolute Gasteiger partial charge is 0.338 e. The van der Waals surface area contributed by atoms with Crippen LogP contribution in [0.2, 0.25) is 0 Å². The number of nitrogens with zero attached hydrogens (tertiary/aromatic N) is 3. The lowest BCUT2D eigenvalue weighted by Gasteiger charge is -2.19. The number of fused-ring (bicyclic) bond motifs is 1. The first-order chi connectivity index (χ1) is 15.5. The van der Waals surface area contributed by atoms with Crippen LogP contribution in [-0.2, 0) is 17.9 Å². The highest BCUT2D eigenvalue weighted by molar-refractivity contribution is 5.81. The molecule has 0 bridgehead atoms. The number of likely N-dealkylation sites (tertiary alicyclic amines) is 1. The molecule has 1 unspecified atom stereocenters. The maximum Gasteiger partial charge on any atom is 0.223 e. The Hall–Kier alpha value is -3.40. The van der Waals surface area contributed by atoms with Gasteiger partial charge in [-0.3, -0.25) is 4.79 Å². The number of imidazole rings is 1. The standard InChI is InChI=1S/C28H29N3O/c1-19-13-20(2)24(21(3)14-19)18-31-26-12-8-7-11-25(26)29-28(31)23-15-27(32)30(17-23)16-22-9-5-4-6-10-22/h4-14,23H,15-18H2,1-3H3. The first-order valence-corrected chi connectivity index (χ1v) is 11.3. The molecule has 1 fully saturated rings. The summed E-state index contributed by atoms with van der Waals surface area (Å²) in [6.45, 7) is 8.67. The van der Waals surface area contributed by atoms with Crippen LogP contribution >= 0.6 is 0 Å². The number of para-hydroxylation sites is 2. The van der Waals surface area contributed by atoms with Crippen LogP contribution in [0.1, 0.15) is 46.0 Å². The zero-order valence-corrected chi connectivity index (χ0v) is 19.0. The van der Waals surface area contributed by atoms with Gasteiger partial charge in [-0.15, -0.1) is 0 Å². The molecule has 4 nitrogen and oxygen atoms in total. The summed E-state index contributed by atoms with van der Waals surface area (Å²) in [4.78, 5) is 19.9. The van der Waals surface area contributed by atoms with Crippen molar-refractivity contribution in [2.45, 2.75) is 46.2 Å². The smallest absolute Gasteiger partial charge is 0.223 e. The quantitative estimate of drug-likeness (QED) is 0.424. The SMILES string of the molecule is Cc1cc(C)c(Cn2c(C3CC(=O)N(Cc4ccccc4)C3)nc3ccccc32)c(C)c1. The van der Waals surface area contributed by atoms with Crippen LogP contribution in [-0.4, -0.2) is 26.9 Å². The molecule has 3 aromatic carbocycles. The van der Waals surface area contributed by atoms with E-state index in [1.165, 1.54) is 27.8 Å². The van der Waals surface area contributed by atoms with Crippen LogP contribution in [0.25, 0.3) is 11.0 Å². The number of aromatic nitrogens is 2. The molecule has 32 heavy (non-hydrogen) atoms. The predicted octanol–water partition coefficient (Wildman–Crippen LogP) is 5.53. The van der Waals surface area contributed by atoms with Crippen molar-refractivity contribution in [3.63, 3.8) is 0 Å². The number of benzene rings is 3. The third-order valence-electron chi connectivity index (χ3n) is 6.64. The van der Waals surface area contributed by atoms with Crippen molar-refractivity contribution >= 4 is 16.9 Å². The summed E-state index contributed by atoms with van der Waals surface area (Å²) >= 11 is 0. The van der Waals surface area contributed by atoms with Crippen molar-refractivity contribution in [1.82, 2.24) is 14.5 Å². The predicted molar refractivity (Wildman–Crippen MR) is 129 cm³/mol. The topological polar surface area (TPSA) is 38.1 Å². The second kappa shape index (κ2) is 8.27. The van der Waals surface area contributed by atoms with E-state index in [1.807, 2.05) is 29.2 Å². The maximum atomic E-state index is 12.9. The minimum atomic E-state index is 0.102. The van der Waals surface area contributed by atoms with Crippen molar-refractivity contribution in [2.75, 3.05) is 6.54 Å². The van der Waals surface area contributed by atoms with Crippen LogP contribution in [0.5, 0.6) is 0 Å². The normalized spacial score (nSPS) is 16.3. The number of rotatable bonds is 5. The van der Waals surface area contributed by atoms with Gasteiger partial charge < -0.3 is 9.47 Å². The summed E-state index contributed by atoms with van der Waals surface area (Å²) in [5.74, 6) is 1.33. The first kappa shape index (κ1) is 20.5. The summed E-state index contributed by atoms with van der Waals surface area (Å²) < 4.78 is 2.34. The molecule has 4 heteroatoms. The van der Waals surface area contributed by atoms with Gasteiger partial charge in [0, 0.05) is 32.0 Å². The molecule has 0 radical (unpaired) electrons. The fourth-order valence-corrected chi connectivity index (χ4v) is 5.09. The molecule has 0 spiro atoms. The number of amides is 1. The Morgan fingerprint density at radius 1 is 0.906 bits per heavy atom. The molecule has 2 heterocycles. The molecule has 1 aliphatic rings. The number of hydrogen-bond donors (Lipinski definition) is 0. The highest BCUT2D eigenvalue weighted by Crippen LogP contribution is 2.32. The molecular weight excluding hydrogens is 394 g/mol. The molecule has 1 atom stereocenters. The van der Waals surface area contributed by atoms with Gasteiger partial charge in [0.1, 0.15) is 5.82 Å². The molecule has 5 rings (SSSR count). The average molecular weight is 424 g/mol. The molecule has 1 amide bonds. The van der Waals surface area contributed by atoms with E-state index in [2.05, 4.69) is 67.8 Å². The molecule has 162 valence electrons. The lowest BCUT2D eigenvalue weighted by molar-refractivity contribution is -0.128. The molecule has 0 saturated carbocycles. The van der Waals surface area contributed by atoms with E-state index in [9.17, 15) is 4.79 Å². The van der Waals surface area contributed by atoms with E-state index in [-0.39, 0.29) is 11.8 Å². The molecule has 0 aliphatic carbocycles. The Morgan fingerprint density at radius 2 is 1.59 bits per heavy atom. The van der Waals surface area contributed by atoms with Gasteiger partial charge in [-0.2, -0.15) is 0 Å². The first-order valence-electron chi connectivity index (χ1n) is 11.3. The third-order valence-corrected chi connectivity index (χ3v) is 6.64. The molecular formula is C28H29N3O. The van der Waals surface area contributed by atoms with E-state index in [0.717, 1.165) is 23.4 Å². The van der Waals surface area contributed by atoms with E-state index < -0.39 is 0 Å². The van der Waals surface area contributed by atoms with Gasteiger partial charge in [0.2, 0.25) is 5.91 Å². The summed E-state index contributed by atoms with van der Waals surface area (Å²) in [6.07, 6.45) is 0.516. The van der Waals surface area contributed by atoms with Crippen LogP contribution in [0.15, 0.2) is 66.7 Å². The zero-order chi connectivity index (χ0) is 22.2. The Morgan fingerprint density at radius 3 is 2.34 bits per heavy atom. The van der Waals surface area contributed by atoms with Gasteiger partial charge in [0.25, 0.3) is 0 Å². The van der Waals surface area contributed by atoms with Crippen LogP contribution < -0.4 is 0 Å². The second-order valence-corrected chi connectivity index (χ2v) is 9.08. The van der Waals surface area contributed by atoms with Gasteiger partial charge in [-0.1, -0.05) is 60.2 Å². The monoisotopic (exact) mass is 423 g/mol. The molecule has 1 saturated heterocycles. The van der Waals surface area contributed by atoms with E-state index in [1.54, 1.807) is 0 Å². The third kappa shape index (κ3) is 3.81. The highest BCUT2D eigenvalue weighted by atomic mass is 16.2. The van der Waals surface area contributed by atoms with Crippen molar-refractivity contribution in [3.8, 4) is 0 Å². The van der Waals surface area contributed by atoms with Crippen LogP contribution in [0, 0.1) is 20.8 Å². The number of aryl methyl sites for hydroxylation is 3. The summed E-state index contributed by atoms with van der Waals surface area (Å²) in [7, 11) is 0. The summed E-state index contributed by atoms with van der Waals surface area (Å²) in [6, 6.07) is 23.1. The minimum Gasteiger partial charge on any atom is -0.338 e. The van der Waals surface area contributed by atoms with E-state index in [4.69, 9.17) is 4.98 Å². The fourth-order valence-electron chi connectivity index (χ4n) is 5.09. The Kier molecular flexibility index (Phi) is 5.30. The number of hydrogen-bond acceptors (Lipinski definition) is 2. The zero-order valence-electron chi connectivity index (χ0n) is 19.0. The average Bonchev–Trinajstić information content (AvgIpc) is 3.32. The summed E-state index contributed by atoms with van der Waals surface area (Å²) in [5.41, 5.74) is 8.54. The van der Waals surface area contributed by atoms with E-state index in [0.29, 0.717) is 19.5 Å². The van der Waals surface area contributed by atoms with Crippen LogP contribution in [0.3, 0.4) is 0 Å². The summed E-state index contributed by atoms with van der Waals surface area (Å²) in [5, 5.41) is 0. The molecule has 0 N–H and O–H groups in total. The van der Waals surface area contributed by atoms with Crippen LogP contribution in [0.4, 0.5) is 0 Å². The fraction of sp³-hybridized carbons (Fsp3) is 0.286. The molecule has 4 aromatic rings. The van der Waals surface area contributed by atoms with Gasteiger partial charge in [0.05, 0.1) is 11.0 Å². The number of carbonyl (C=O) groups excluding carboxylic acids is 1.